The molecule has 0 bridgehead atoms. The van der Waals surface area contributed by atoms with Gasteiger partial charge in [-0.25, -0.2) is 4.98 Å². The van der Waals surface area contributed by atoms with Gasteiger partial charge in [-0.3, -0.25) is 4.68 Å². The molecule has 2 unspecified atom stereocenters. The second kappa shape index (κ2) is 7.43. The highest BCUT2D eigenvalue weighted by molar-refractivity contribution is 4.91. The largest absolute Gasteiger partial charge is 0.316 e. The average molecular weight is 238 g/mol. The van der Waals surface area contributed by atoms with Gasteiger partial charge in [0.15, 0.2) is 0 Å². The van der Waals surface area contributed by atoms with Crippen molar-refractivity contribution in [2.24, 2.45) is 5.92 Å². The molecule has 4 heteroatoms. The van der Waals surface area contributed by atoms with Gasteiger partial charge >= 0.3 is 0 Å². The van der Waals surface area contributed by atoms with E-state index in [0.29, 0.717) is 12.0 Å². The van der Waals surface area contributed by atoms with Crippen LogP contribution in [0.25, 0.3) is 0 Å². The molecule has 0 aliphatic carbocycles. The molecule has 4 nitrogen and oxygen atoms in total. The molecule has 98 valence electrons. The van der Waals surface area contributed by atoms with E-state index in [0.717, 1.165) is 18.8 Å². The molecule has 2 atom stereocenters. The predicted molar refractivity (Wildman–Crippen MR) is 70.9 cm³/mol. The maximum atomic E-state index is 4.35. The third-order valence-corrected chi connectivity index (χ3v) is 3.47. The number of hydrogen-bond donors (Lipinski definition) is 1. The van der Waals surface area contributed by atoms with Crippen LogP contribution >= 0.6 is 0 Å². The van der Waals surface area contributed by atoms with Gasteiger partial charge < -0.3 is 5.32 Å². The minimum absolute atomic E-state index is 0.496. The number of hydrogen-bond acceptors (Lipinski definition) is 3. The lowest BCUT2D eigenvalue weighted by Crippen LogP contribution is -2.35. The van der Waals surface area contributed by atoms with E-state index in [2.05, 4.69) is 36.2 Å². The predicted octanol–water partition coefficient (Wildman–Crippen LogP) is 2.25. The zero-order valence-corrected chi connectivity index (χ0v) is 11.6. The number of unbranched alkanes of at least 4 members (excludes halogenated alkanes) is 1. The van der Waals surface area contributed by atoms with Gasteiger partial charge in [-0.15, -0.1) is 0 Å². The van der Waals surface area contributed by atoms with Crippen LogP contribution in [0.4, 0.5) is 0 Å². The maximum Gasteiger partial charge on any atom is 0.138 e. The van der Waals surface area contributed by atoms with E-state index in [-0.39, 0.29) is 0 Å². The van der Waals surface area contributed by atoms with E-state index in [4.69, 9.17) is 0 Å². The fourth-order valence-electron chi connectivity index (χ4n) is 2.22. The number of likely N-dealkylation sites (N-methyl/N-ethyl adjacent to an activating group) is 1. The minimum atomic E-state index is 0.496. The molecular weight excluding hydrogens is 212 g/mol. The quantitative estimate of drug-likeness (QED) is 0.755. The summed E-state index contributed by atoms with van der Waals surface area (Å²) < 4.78 is 1.98. The fraction of sp³-hybridized carbons (Fsp3) is 0.846. The summed E-state index contributed by atoms with van der Waals surface area (Å²) in [5.41, 5.74) is 0. The van der Waals surface area contributed by atoms with Gasteiger partial charge in [-0.1, -0.05) is 26.7 Å². The molecule has 0 spiro atoms. The number of aromatic nitrogens is 3. The third kappa shape index (κ3) is 4.11. The first-order valence-electron chi connectivity index (χ1n) is 6.76. The van der Waals surface area contributed by atoms with E-state index in [1.165, 1.54) is 19.3 Å². The smallest absolute Gasteiger partial charge is 0.138 e. The van der Waals surface area contributed by atoms with Crippen molar-refractivity contribution in [2.45, 2.75) is 59.0 Å². The van der Waals surface area contributed by atoms with E-state index in [1.807, 2.05) is 11.7 Å². The highest BCUT2D eigenvalue weighted by Crippen LogP contribution is 2.15. The Morgan fingerprint density at radius 2 is 2.18 bits per heavy atom. The van der Waals surface area contributed by atoms with Crippen molar-refractivity contribution in [3.05, 3.63) is 12.2 Å². The Morgan fingerprint density at radius 1 is 1.41 bits per heavy atom. The van der Waals surface area contributed by atoms with Crippen molar-refractivity contribution in [2.75, 3.05) is 7.05 Å². The van der Waals surface area contributed by atoms with Crippen molar-refractivity contribution in [3.8, 4) is 0 Å². The summed E-state index contributed by atoms with van der Waals surface area (Å²) in [6.45, 7) is 7.57. The summed E-state index contributed by atoms with van der Waals surface area (Å²) in [6, 6.07) is 0.496. The second-order valence-electron chi connectivity index (χ2n) is 4.71. The zero-order chi connectivity index (χ0) is 12.7. The molecule has 0 fully saturated rings. The van der Waals surface area contributed by atoms with Crippen LogP contribution in [0.3, 0.4) is 0 Å². The molecule has 0 amide bonds. The Labute approximate surface area is 105 Å². The van der Waals surface area contributed by atoms with Crippen molar-refractivity contribution >= 4 is 0 Å². The van der Waals surface area contributed by atoms with Gasteiger partial charge in [0.2, 0.25) is 0 Å². The van der Waals surface area contributed by atoms with Gasteiger partial charge in [-0.05, 0) is 26.3 Å². The topological polar surface area (TPSA) is 42.7 Å². The summed E-state index contributed by atoms with van der Waals surface area (Å²) in [7, 11) is 2.04. The average Bonchev–Trinajstić information content (AvgIpc) is 2.80. The number of aryl methyl sites for hydroxylation is 1. The molecule has 1 N–H and O–H groups in total. The van der Waals surface area contributed by atoms with E-state index in [1.54, 1.807) is 6.33 Å². The van der Waals surface area contributed by atoms with Gasteiger partial charge in [0.1, 0.15) is 12.2 Å². The van der Waals surface area contributed by atoms with Crippen molar-refractivity contribution < 1.29 is 0 Å². The van der Waals surface area contributed by atoms with Crippen LogP contribution in [0.5, 0.6) is 0 Å². The molecule has 0 aliphatic heterocycles. The molecule has 0 aliphatic rings. The Kier molecular flexibility index (Phi) is 6.19. The standard InChI is InChI=1S/C13H26N4/c1-5-7-8-11(3)12(14-4)9-13-15-10-16-17(13)6-2/h10-12,14H,5-9H2,1-4H3. The van der Waals surface area contributed by atoms with E-state index < -0.39 is 0 Å². The number of nitrogens with one attached hydrogen (secondary N) is 1. The molecule has 0 aromatic carbocycles. The van der Waals surface area contributed by atoms with Gasteiger partial charge in [0.25, 0.3) is 0 Å². The lowest BCUT2D eigenvalue weighted by molar-refractivity contribution is 0.356. The highest BCUT2D eigenvalue weighted by atomic mass is 15.3. The molecule has 0 saturated carbocycles. The summed E-state index contributed by atoms with van der Waals surface area (Å²) >= 11 is 0. The Morgan fingerprint density at radius 3 is 2.76 bits per heavy atom. The summed E-state index contributed by atoms with van der Waals surface area (Å²) in [5.74, 6) is 1.78. The first-order chi connectivity index (χ1) is 8.22. The molecule has 1 aromatic heterocycles. The highest BCUT2D eigenvalue weighted by Gasteiger charge is 2.17. The third-order valence-electron chi connectivity index (χ3n) is 3.47. The van der Waals surface area contributed by atoms with Gasteiger partial charge in [0, 0.05) is 19.0 Å². The van der Waals surface area contributed by atoms with E-state index in [9.17, 15) is 0 Å². The van der Waals surface area contributed by atoms with Crippen LogP contribution in [0, 0.1) is 5.92 Å². The molecule has 1 rings (SSSR count). The van der Waals surface area contributed by atoms with Crippen LogP contribution in [0.2, 0.25) is 0 Å². The van der Waals surface area contributed by atoms with Crippen LogP contribution in [0.15, 0.2) is 6.33 Å². The first-order valence-corrected chi connectivity index (χ1v) is 6.76. The summed E-state index contributed by atoms with van der Waals surface area (Å²) in [4.78, 5) is 4.35. The lowest BCUT2D eigenvalue weighted by Gasteiger charge is -2.23. The molecule has 17 heavy (non-hydrogen) atoms. The Balaban J connectivity index is 2.56. The SMILES string of the molecule is CCCCC(C)C(Cc1ncnn1CC)NC. The fourth-order valence-corrected chi connectivity index (χ4v) is 2.22. The van der Waals surface area contributed by atoms with Crippen molar-refractivity contribution in [3.63, 3.8) is 0 Å². The normalized spacial score (nSPS) is 14.8. The maximum absolute atomic E-state index is 4.35. The van der Waals surface area contributed by atoms with Crippen molar-refractivity contribution in [1.29, 1.82) is 0 Å². The first kappa shape index (κ1) is 14.2. The minimum Gasteiger partial charge on any atom is -0.316 e. The number of rotatable bonds is 8. The second-order valence-corrected chi connectivity index (χ2v) is 4.71. The Hall–Kier alpha value is -0.900. The lowest BCUT2D eigenvalue weighted by atomic mass is 9.93. The summed E-state index contributed by atoms with van der Waals surface area (Å²) in [6.07, 6.45) is 6.48. The van der Waals surface area contributed by atoms with Crippen LogP contribution in [-0.4, -0.2) is 27.9 Å². The van der Waals surface area contributed by atoms with Crippen LogP contribution in [0.1, 0.15) is 45.9 Å². The van der Waals surface area contributed by atoms with Crippen LogP contribution < -0.4 is 5.32 Å². The number of nitrogens with zero attached hydrogens (tertiary/aromatic N) is 3. The zero-order valence-electron chi connectivity index (χ0n) is 11.6. The molecule has 1 heterocycles. The molecule has 0 radical (unpaired) electrons. The molecule has 1 aromatic rings. The van der Waals surface area contributed by atoms with Gasteiger partial charge in [-0.2, -0.15) is 5.10 Å². The van der Waals surface area contributed by atoms with Crippen LogP contribution in [-0.2, 0) is 13.0 Å². The Bertz CT molecular complexity index is 308. The van der Waals surface area contributed by atoms with Crippen molar-refractivity contribution in [1.82, 2.24) is 20.1 Å². The monoisotopic (exact) mass is 238 g/mol. The molecule has 0 saturated heterocycles. The molecular formula is C13H26N4. The van der Waals surface area contributed by atoms with Gasteiger partial charge in [0.05, 0.1) is 0 Å². The summed E-state index contributed by atoms with van der Waals surface area (Å²) in [5, 5.41) is 7.64. The van der Waals surface area contributed by atoms with E-state index >= 15 is 0 Å².